The molecule has 6 heavy (non-hydrogen) atoms. The molecule has 0 unspecified atom stereocenters. The van der Waals surface area contributed by atoms with Crippen LogP contribution in [-0.4, -0.2) is 19.6 Å². The molecular formula is C3H5NO2. The average Bonchev–Trinajstić information content (AvgIpc) is 1.72. The van der Waals surface area contributed by atoms with Gasteiger partial charge in [-0.2, -0.15) is 0 Å². The summed E-state index contributed by atoms with van der Waals surface area (Å²) in [5.41, 5.74) is 0. The Morgan fingerprint density at radius 3 is 2.83 bits per heavy atom. The van der Waals surface area contributed by atoms with Gasteiger partial charge in [-0.1, -0.05) is 5.16 Å². The molecule has 1 rings (SSSR count). The summed E-state index contributed by atoms with van der Waals surface area (Å²) >= 11 is 0. The van der Waals surface area contributed by atoms with Crippen molar-refractivity contribution in [3.63, 3.8) is 0 Å². The first-order chi connectivity index (χ1) is 3.00. The first kappa shape index (κ1) is 3.61. The van der Waals surface area contributed by atoms with Gasteiger partial charge in [0.2, 0.25) is 6.79 Å². The molecule has 1 aliphatic rings. The lowest BCUT2D eigenvalue weighted by molar-refractivity contribution is -0.0526. The predicted molar refractivity (Wildman–Crippen MR) is 20.4 cm³/mol. The number of ether oxygens (including phenoxy) is 1. The lowest BCUT2D eigenvalue weighted by Gasteiger charge is -2.01. The summed E-state index contributed by atoms with van der Waals surface area (Å²) in [6, 6.07) is 0. The molecule has 34 valence electrons. The third-order valence-corrected chi connectivity index (χ3v) is 0.477. The number of nitrogens with zero attached hydrogens (tertiary/aromatic N) is 1. The number of oxime groups is 1. The summed E-state index contributed by atoms with van der Waals surface area (Å²) in [5.74, 6) is 0. The third kappa shape index (κ3) is 0.687. The monoisotopic (exact) mass is 87.0 g/mol. The number of hydrogen-bond acceptors (Lipinski definition) is 3. The van der Waals surface area contributed by atoms with Gasteiger partial charge in [-0.3, -0.25) is 0 Å². The quantitative estimate of drug-likeness (QED) is 0.415. The highest BCUT2D eigenvalue weighted by atomic mass is 16.7. The second-order valence-electron chi connectivity index (χ2n) is 0.906. The summed E-state index contributed by atoms with van der Waals surface area (Å²) in [5, 5.41) is 3.43. The van der Waals surface area contributed by atoms with Gasteiger partial charge in [0.15, 0.2) is 0 Å². The zero-order valence-electron chi connectivity index (χ0n) is 3.26. The van der Waals surface area contributed by atoms with E-state index in [1.165, 1.54) is 0 Å². The molecule has 0 N–H and O–H groups in total. The van der Waals surface area contributed by atoms with E-state index in [0.717, 1.165) is 0 Å². The average molecular weight is 87.1 g/mol. The van der Waals surface area contributed by atoms with E-state index in [2.05, 4.69) is 9.99 Å². The van der Waals surface area contributed by atoms with Gasteiger partial charge in [-0.25, -0.2) is 0 Å². The van der Waals surface area contributed by atoms with Crippen molar-refractivity contribution in [1.29, 1.82) is 0 Å². The van der Waals surface area contributed by atoms with Gasteiger partial charge in [0.25, 0.3) is 0 Å². The largest absolute Gasteiger partial charge is 0.367 e. The number of rotatable bonds is 0. The Balaban J connectivity index is 2.26. The Morgan fingerprint density at radius 1 is 1.67 bits per heavy atom. The minimum atomic E-state index is 0.302. The maximum absolute atomic E-state index is 4.70. The lowest BCUT2D eigenvalue weighted by Crippen LogP contribution is -2.04. The van der Waals surface area contributed by atoms with Crippen LogP contribution in [0.3, 0.4) is 0 Å². The molecule has 0 radical (unpaired) electrons. The van der Waals surface area contributed by atoms with E-state index in [9.17, 15) is 0 Å². The van der Waals surface area contributed by atoms with Gasteiger partial charge in [-0.15, -0.1) is 0 Å². The first-order valence-corrected chi connectivity index (χ1v) is 1.72. The Morgan fingerprint density at radius 2 is 2.67 bits per heavy atom. The van der Waals surface area contributed by atoms with Crippen molar-refractivity contribution in [1.82, 2.24) is 0 Å². The van der Waals surface area contributed by atoms with Crippen LogP contribution in [0.5, 0.6) is 0 Å². The van der Waals surface area contributed by atoms with Crippen molar-refractivity contribution in [2.45, 2.75) is 0 Å². The van der Waals surface area contributed by atoms with Crippen LogP contribution in [0.25, 0.3) is 0 Å². The lowest BCUT2D eigenvalue weighted by atomic mass is 10.8. The molecule has 0 aromatic rings. The molecule has 3 heteroatoms. The molecule has 0 saturated heterocycles. The molecule has 0 atom stereocenters. The Hall–Kier alpha value is -0.570. The van der Waals surface area contributed by atoms with Crippen LogP contribution in [0.4, 0.5) is 0 Å². The minimum Gasteiger partial charge on any atom is -0.367 e. The normalized spacial score (nSPS) is 20.0. The Labute approximate surface area is 35.5 Å². The topological polar surface area (TPSA) is 30.8 Å². The summed E-state index contributed by atoms with van der Waals surface area (Å²) < 4.78 is 4.70. The van der Waals surface area contributed by atoms with E-state index in [0.29, 0.717) is 13.4 Å². The second-order valence-corrected chi connectivity index (χ2v) is 0.906. The van der Waals surface area contributed by atoms with E-state index in [1.54, 1.807) is 6.21 Å². The fourth-order valence-corrected chi connectivity index (χ4v) is 0.252. The highest BCUT2D eigenvalue weighted by Crippen LogP contribution is 1.82. The minimum absolute atomic E-state index is 0.302. The molecular weight excluding hydrogens is 82.0 g/mol. The molecule has 0 aliphatic carbocycles. The van der Waals surface area contributed by atoms with E-state index < -0.39 is 0 Å². The van der Waals surface area contributed by atoms with Crippen molar-refractivity contribution in [2.24, 2.45) is 5.16 Å². The maximum Gasteiger partial charge on any atom is 0.216 e. The fourth-order valence-electron chi connectivity index (χ4n) is 0.252. The molecule has 0 bridgehead atoms. The van der Waals surface area contributed by atoms with Gasteiger partial charge in [0.05, 0.1) is 12.8 Å². The molecule has 1 heterocycles. The molecule has 0 spiro atoms. The molecule has 0 amide bonds. The number of hydrogen-bond donors (Lipinski definition) is 0. The highest BCUT2D eigenvalue weighted by Gasteiger charge is 1.86. The van der Waals surface area contributed by atoms with E-state index in [-0.39, 0.29) is 0 Å². The third-order valence-electron chi connectivity index (χ3n) is 0.477. The van der Waals surface area contributed by atoms with Crippen LogP contribution in [0.15, 0.2) is 5.16 Å². The molecule has 3 nitrogen and oxygen atoms in total. The second kappa shape index (κ2) is 1.77. The molecule has 0 aromatic heterocycles. The smallest absolute Gasteiger partial charge is 0.216 e. The summed E-state index contributed by atoms with van der Waals surface area (Å²) in [7, 11) is 0. The highest BCUT2D eigenvalue weighted by molar-refractivity contribution is 5.57. The Kier molecular flexibility index (Phi) is 1.06. The van der Waals surface area contributed by atoms with Crippen LogP contribution in [-0.2, 0) is 9.57 Å². The van der Waals surface area contributed by atoms with Crippen LogP contribution in [0.2, 0.25) is 0 Å². The van der Waals surface area contributed by atoms with Gasteiger partial charge in [0.1, 0.15) is 0 Å². The van der Waals surface area contributed by atoms with Crippen molar-refractivity contribution >= 4 is 6.21 Å². The summed E-state index contributed by atoms with van der Waals surface area (Å²) in [6.07, 6.45) is 1.57. The maximum atomic E-state index is 4.70. The van der Waals surface area contributed by atoms with E-state index in [1.807, 2.05) is 0 Å². The van der Waals surface area contributed by atoms with Crippen molar-refractivity contribution in [3.8, 4) is 0 Å². The van der Waals surface area contributed by atoms with Crippen LogP contribution in [0, 0.1) is 0 Å². The van der Waals surface area contributed by atoms with Gasteiger partial charge < -0.3 is 9.57 Å². The Bertz CT molecular complexity index is 53.8. The zero-order chi connectivity index (χ0) is 4.24. The molecule has 0 fully saturated rings. The molecule has 0 aromatic carbocycles. The van der Waals surface area contributed by atoms with Crippen LogP contribution < -0.4 is 0 Å². The predicted octanol–water partition coefficient (Wildman–Crippen LogP) is -0.0235. The van der Waals surface area contributed by atoms with Gasteiger partial charge in [-0.05, 0) is 0 Å². The van der Waals surface area contributed by atoms with Crippen LogP contribution >= 0.6 is 0 Å². The van der Waals surface area contributed by atoms with Crippen LogP contribution in [0.1, 0.15) is 0 Å². The SMILES string of the molecule is C1=NOCOC1. The fraction of sp³-hybridized carbons (Fsp3) is 0.667. The first-order valence-electron chi connectivity index (χ1n) is 1.72. The zero-order valence-corrected chi connectivity index (χ0v) is 3.26. The van der Waals surface area contributed by atoms with E-state index >= 15 is 0 Å². The molecule has 1 aliphatic heterocycles. The van der Waals surface area contributed by atoms with E-state index in [4.69, 9.17) is 4.74 Å². The standard InChI is InChI=1S/C3H5NO2/c1-2-5-3-6-4-1/h1H,2-3H2. The van der Waals surface area contributed by atoms with Crippen molar-refractivity contribution in [3.05, 3.63) is 0 Å². The summed E-state index contributed by atoms with van der Waals surface area (Å²) in [6.45, 7) is 0.885. The summed E-state index contributed by atoms with van der Waals surface area (Å²) in [4.78, 5) is 4.42. The van der Waals surface area contributed by atoms with Gasteiger partial charge in [0, 0.05) is 0 Å². The van der Waals surface area contributed by atoms with Crippen molar-refractivity contribution in [2.75, 3.05) is 13.4 Å². The van der Waals surface area contributed by atoms with Gasteiger partial charge >= 0.3 is 0 Å². The molecule has 0 saturated carbocycles. The van der Waals surface area contributed by atoms with Crippen molar-refractivity contribution < 1.29 is 9.57 Å².